The molecule has 54 valence electrons. The monoisotopic (exact) mass is 165 g/mol. The molecule has 1 atom stereocenters. The molecule has 0 aliphatic carbocycles. The van der Waals surface area contributed by atoms with E-state index < -0.39 is 0 Å². The zero-order chi connectivity index (χ0) is 7.11. The van der Waals surface area contributed by atoms with Gasteiger partial charge in [0, 0.05) is 0 Å². The van der Waals surface area contributed by atoms with Gasteiger partial charge in [0.1, 0.15) is 0 Å². The third-order valence-corrected chi connectivity index (χ3v) is 1.44. The van der Waals surface area contributed by atoms with Crippen LogP contribution in [0.25, 0.3) is 0 Å². The number of nitrogens with one attached hydrogen (secondary N) is 1. The van der Waals surface area contributed by atoms with E-state index in [1.807, 2.05) is 0 Å². The van der Waals surface area contributed by atoms with Crippen molar-refractivity contribution in [2.45, 2.75) is 39.2 Å². The van der Waals surface area contributed by atoms with E-state index in [2.05, 4.69) is 31.9 Å². The minimum Gasteiger partial charge on any atom is -0.565 e. The fourth-order valence-electron chi connectivity index (χ4n) is 0.871. The Labute approximate surface area is 107 Å². The second kappa shape index (κ2) is 10.2. The van der Waals surface area contributed by atoms with E-state index in [9.17, 15) is 0 Å². The summed E-state index contributed by atoms with van der Waals surface area (Å²) in [5.41, 5.74) is 0. The summed E-state index contributed by atoms with van der Waals surface area (Å²) in [6, 6.07) is 0.590. The third kappa shape index (κ3) is 7.29. The van der Waals surface area contributed by atoms with Crippen molar-refractivity contribution in [1.29, 1.82) is 0 Å². The minimum absolute atomic E-state index is 0. The summed E-state index contributed by atoms with van der Waals surface area (Å²) in [4.78, 5) is 0. The molecule has 0 aromatic heterocycles. The van der Waals surface area contributed by atoms with E-state index in [0.717, 1.165) is 6.42 Å². The normalized spacial score (nSPS) is 11.4. The van der Waals surface area contributed by atoms with E-state index in [0.29, 0.717) is 6.04 Å². The molecule has 0 aromatic carbocycles. The molecule has 0 fully saturated rings. The molecule has 1 N–H and O–H groups in total. The molecule has 2 heteroatoms. The van der Waals surface area contributed by atoms with Crippen LogP contribution in [-0.2, 0) is 0 Å². The molecule has 0 aliphatic rings. The maximum atomic E-state index is 3.49. The Morgan fingerprint density at radius 1 is 1.50 bits per heavy atom. The van der Waals surface area contributed by atoms with Gasteiger partial charge in [-0.25, -0.2) is 0 Å². The van der Waals surface area contributed by atoms with Crippen molar-refractivity contribution in [2.75, 3.05) is 0 Å². The van der Waals surface area contributed by atoms with Gasteiger partial charge < -0.3 is 11.5 Å². The quantitative estimate of drug-likeness (QED) is 0.316. The van der Waals surface area contributed by atoms with Gasteiger partial charge in [0.2, 0.25) is 0 Å². The van der Waals surface area contributed by atoms with Crippen LogP contribution in [0.5, 0.6) is 0 Å². The van der Waals surface area contributed by atoms with Crippen LogP contribution in [0.1, 0.15) is 33.1 Å². The summed E-state index contributed by atoms with van der Waals surface area (Å²) in [6.45, 7) is 7.85. The molecule has 1 unspecified atom stereocenters. The second-order valence-corrected chi connectivity index (χ2v) is 2.21. The third-order valence-electron chi connectivity index (χ3n) is 1.44. The van der Waals surface area contributed by atoms with Gasteiger partial charge in [-0.2, -0.15) is 0 Å². The summed E-state index contributed by atoms with van der Waals surface area (Å²) in [5.74, 6) is 0. The molecular weight excluding hydrogens is 149 g/mol. The van der Waals surface area contributed by atoms with Crippen LogP contribution in [0.2, 0.25) is 0 Å². The van der Waals surface area contributed by atoms with Crippen molar-refractivity contribution in [2.24, 2.45) is 0 Å². The summed E-state index contributed by atoms with van der Waals surface area (Å²) < 4.78 is 0. The molecule has 0 spiro atoms. The molecule has 0 bridgehead atoms. The molecule has 0 radical (unpaired) electrons. The Morgan fingerprint density at radius 2 is 2.10 bits per heavy atom. The van der Waals surface area contributed by atoms with Gasteiger partial charge in [-0.3, -0.25) is 6.58 Å². The van der Waals surface area contributed by atoms with Crippen molar-refractivity contribution in [3.8, 4) is 0 Å². The molecule has 10 heavy (non-hydrogen) atoms. The molecule has 0 aromatic rings. The molecule has 0 saturated heterocycles. The predicted molar refractivity (Wildman–Crippen MR) is 41.0 cm³/mol. The van der Waals surface area contributed by atoms with Gasteiger partial charge in [-0.1, -0.05) is 20.3 Å². The molecule has 0 amide bonds. The van der Waals surface area contributed by atoms with Gasteiger partial charge in [0.25, 0.3) is 0 Å². The number of hydrogen-bond donors (Lipinski definition) is 1. The van der Waals surface area contributed by atoms with Crippen LogP contribution in [0, 0.1) is 6.20 Å². The number of rotatable bonds is 5. The van der Waals surface area contributed by atoms with E-state index in [1.54, 1.807) is 0 Å². The van der Waals surface area contributed by atoms with Crippen molar-refractivity contribution in [1.82, 2.24) is 5.32 Å². The van der Waals surface area contributed by atoms with Crippen LogP contribution in [-0.4, -0.2) is 6.04 Å². The summed E-state index contributed by atoms with van der Waals surface area (Å²) in [5, 5.41) is 3.07. The first-order valence-electron chi connectivity index (χ1n) is 3.62. The maximum Gasteiger partial charge on any atom is 1.00 e. The Hall–Kier alpha value is 1.18. The van der Waals surface area contributed by atoms with Gasteiger partial charge in [0.05, 0.1) is 0 Å². The van der Waals surface area contributed by atoms with Crippen molar-refractivity contribution < 1.29 is 51.4 Å². The molecule has 0 aliphatic heterocycles. The fraction of sp³-hybridized carbons (Fsp3) is 0.750. The van der Waals surface area contributed by atoms with Crippen molar-refractivity contribution >= 4 is 0 Å². The maximum absolute atomic E-state index is 3.49. The fourth-order valence-corrected chi connectivity index (χ4v) is 0.871. The zero-order valence-electron chi connectivity index (χ0n) is 7.41. The van der Waals surface area contributed by atoms with Crippen LogP contribution >= 0.6 is 0 Å². The molecule has 0 saturated carbocycles. The van der Waals surface area contributed by atoms with Gasteiger partial charge >= 0.3 is 51.4 Å². The van der Waals surface area contributed by atoms with E-state index in [1.165, 1.54) is 12.8 Å². The Balaban J connectivity index is 0. The average Bonchev–Trinajstić information content (AvgIpc) is 1.88. The molecule has 0 heterocycles. The van der Waals surface area contributed by atoms with Crippen molar-refractivity contribution in [3.05, 3.63) is 12.8 Å². The largest absolute Gasteiger partial charge is 1.00 e. The van der Waals surface area contributed by atoms with Crippen LogP contribution in [0.4, 0.5) is 0 Å². The first-order chi connectivity index (χ1) is 4.35. The van der Waals surface area contributed by atoms with Crippen LogP contribution in [0.15, 0.2) is 6.58 Å². The SMILES string of the molecule is C=[C-]NC(CC)CCC.[K+]. The van der Waals surface area contributed by atoms with Crippen molar-refractivity contribution in [3.63, 3.8) is 0 Å². The van der Waals surface area contributed by atoms with Gasteiger partial charge in [-0.05, 0) is 18.9 Å². The zero-order valence-corrected chi connectivity index (χ0v) is 10.5. The van der Waals surface area contributed by atoms with E-state index in [4.69, 9.17) is 0 Å². The minimum atomic E-state index is 0. The van der Waals surface area contributed by atoms with E-state index in [-0.39, 0.29) is 51.4 Å². The Kier molecular flexibility index (Phi) is 14.0. The summed E-state index contributed by atoms with van der Waals surface area (Å²) >= 11 is 0. The second-order valence-electron chi connectivity index (χ2n) is 2.21. The molecule has 1 nitrogen and oxygen atoms in total. The van der Waals surface area contributed by atoms with Gasteiger partial charge in [-0.15, -0.1) is 0 Å². The molecular formula is C8H16KN. The number of hydrogen-bond acceptors (Lipinski definition) is 1. The average molecular weight is 165 g/mol. The summed E-state index contributed by atoms with van der Waals surface area (Å²) in [6.07, 6.45) is 6.32. The van der Waals surface area contributed by atoms with E-state index >= 15 is 0 Å². The first kappa shape index (κ1) is 13.7. The Bertz CT molecular complexity index is 73.7. The van der Waals surface area contributed by atoms with Crippen LogP contribution < -0.4 is 56.7 Å². The standard InChI is InChI=1S/C8H16N.K/c1-4-7-8(5-2)9-6-3;/h8-9H,3-5,7H2,1-2H3;/q-1;+1. The Morgan fingerprint density at radius 3 is 2.40 bits per heavy atom. The topological polar surface area (TPSA) is 12.0 Å². The smallest absolute Gasteiger partial charge is 0.565 e. The van der Waals surface area contributed by atoms with Crippen LogP contribution in [0.3, 0.4) is 0 Å². The van der Waals surface area contributed by atoms with Gasteiger partial charge in [0.15, 0.2) is 0 Å². The predicted octanol–water partition coefficient (Wildman–Crippen LogP) is -0.895. The summed E-state index contributed by atoms with van der Waals surface area (Å²) in [7, 11) is 0. The molecule has 0 rings (SSSR count). The first-order valence-corrected chi connectivity index (χ1v) is 3.62.